The van der Waals surface area contributed by atoms with E-state index in [1.165, 1.54) is 16.6 Å². The molecule has 0 bridgehead atoms. The molecule has 5 nitrogen and oxygen atoms in total. The lowest BCUT2D eigenvalue weighted by Gasteiger charge is -2.18. The van der Waals surface area contributed by atoms with Crippen molar-refractivity contribution in [3.8, 4) is 6.07 Å². The SMILES string of the molecule is C[C@@H]1CCc2c(sc(NC(=O)[C@@H](Sc3ccccc3N=Cc3cccnc3Cl)c3ccccc3)c2C#N)C1. The second-order valence-electron chi connectivity index (χ2n) is 9.17. The van der Waals surface area contributed by atoms with Crippen molar-refractivity contribution in [2.75, 3.05) is 5.32 Å². The average Bonchev–Trinajstić information content (AvgIpc) is 3.27. The standard InChI is InChI=1S/C30H25ClN4OS2/c1-19-13-14-22-23(17-32)30(38-26(22)16-19)35-29(36)27(20-8-3-2-4-9-20)37-25-12-6-5-11-24(25)34-18-21-10-7-15-33-28(21)31/h2-12,15,18-19,27H,13-14,16H2,1H3,(H,35,36)/t19-,27+/m1/s1. The first kappa shape index (κ1) is 26.2. The van der Waals surface area contributed by atoms with E-state index >= 15 is 0 Å². The molecule has 1 aliphatic rings. The number of rotatable bonds is 7. The number of benzene rings is 2. The molecule has 0 saturated heterocycles. The van der Waals surface area contributed by atoms with Gasteiger partial charge in [-0.2, -0.15) is 5.26 Å². The lowest BCUT2D eigenvalue weighted by Crippen LogP contribution is -2.19. The van der Waals surface area contributed by atoms with Crippen LogP contribution in [0.3, 0.4) is 0 Å². The van der Waals surface area contributed by atoms with E-state index in [1.54, 1.807) is 23.7 Å². The Kier molecular flexibility index (Phi) is 8.23. The lowest BCUT2D eigenvalue weighted by molar-refractivity contribution is -0.115. The second-order valence-corrected chi connectivity index (χ2v) is 11.8. The van der Waals surface area contributed by atoms with E-state index < -0.39 is 5.25 Å². The van der Waals surface area contributed by atoms with Gasteiger partial charge in [0.15, 0.2) is 0 Å². The summed E-state index contributed by atoms with van der Waals surface area (Å²) in [6.07, 6.45) is 6.22. The van der Waals surface area contributed by atoms with Crippen molar-refractivity contribution in [3.63, 3.8) is 0 Å². The van der Waals surface area contributed by atoms with Gasteiger partial charge in [-0.3, -0.25) is 9.79 Å². The van der Waals surface area contributed by atoms with Crippen molar-refractivity contribution in [3.05, 3.63) is 105 Å². The molecule has 0 fully saturated rings. The molecule has 1 aliphatic carbocycles. The Balaban J connectivity index is 1.45. The van der Waals surface area contributed by atoms with Gasteiger partial charge in [0, 0.05) is 27.7 Å². The van der Waals surface area contributed by atoms with E-state index in [-0.39, 0.29) is 5.91 Å². The Labute approximate surface area is 235 Å². The fraction of sp³-hybridized carbons (Fsp3) is 0.200. The molecule has 5 rings (SSSR count). The molecule has 4 aromatic rings. The summed E-state index contributed by atoms with van der Waals surface area (Å²) in [4.78, 5) is 24.6. The first-order valence-corrected chi connectivity index (χ1v) is 14.4. The summed E-state index contributed by atoms with van der Waals surface area (Å²) >= 11 is 9.17. The number of para-hydroxylation sites is 1. The third kappa shape index (κ3) is 5.83. The number of carbonyl (C=O) groups excluding carboxylic acids is 1. The van der Waals surface area contributed by atoms with Gasteiger partial charge in [0.05, 0.1) is 11.3 Å². The summed E-state index contributed by atoms with van der Waals surface area (Å²) < 4.78 is 0. The van der Waals surface area contributed by atoms with Gasteiger partial charge in [-0.05, 0) is 60.6 Å². The van der Waals surface area contributed by atoms with E-state index in [1.807, 2.05) is 66.7 Å². The topological polar surface area (TPSA) is 78.1 Å². The number of nitriles is 1. The van der Waals surface area contributed by atoms with Gasteiger partial charge in [0.1, 0.15) is 21.5 Å². The molecule has 8 heteroatoms. The zero-order chi connectivity index (χ0) is 26.5. The highest BCUT2D eigenvalue weighted by Gasteiger charge is 2.28. The van der Waals surface area contributed by atoms with Crippen molar-refractivity contribution >= 4 is 57.5 Å². The van der Waals surface area contributed by atoms with Gasteiger partial charge >= 0.3 is 0 Å². The van der Waals surface area contributed by atoms with Gasteiger partial charge in [0.25, 0.3) is 0 Å². The third-order valence-electron chi connectivity index (χ3n) is 6.44. The number of hydrogen-bond acceptors (Lipinski definition) is 6. The number of amides is 1. The molecule has 1 amide bonds. The maximum atomic E-state index is 13.8. The normalized spacial score (nSPS) is 15.6. The summed E-state index contributed by atoms with van der Waals surface area (Å²) in [6, 6.07) is 23.4. The molecular weight excluding hydrogens is 532 g/mol. The van der Waals surface area contributed by atoms with Crippen LogP contribution in [0.2, 0.25) is 5.15 Å². The minimum atomic E-state index is -0.542. The fourth-order valence-corrected chi connectivity index (χ4v) is 7.10. The van der Waals surface area contributed by atoms with Crippen molar-refractivity contribution in [2.24, 2.45) is 10.9 Å². The number of hydrogen-bond donors (Lipinski definition) is 1. The summed E-state index contributed by atoms with van der Waals surface area (Å²) in [6.45, 7) is 2.23. The number of pyridine rings is 1. The number of carbonyl (C=O) groups is 1. The van der Waals surface area contributed by atoms with Gasteiger partial charge in [-0.25, -0.2) is 4.98 Å². The number of thioether (sulfide) groups is 1. The highest BCUT2D eigenvalue weighted by molar-refractivity contribution is 8.00. The van der Waals surface area contributed by atoms with Crippen LogP contribution in [0.5, 0.6) is 0 Å². The van der Waals surface area contributed by atoms with E-state index in [2.05, 4.69) is 28.3 Å². The molecule has 1 N–H and O–H groups in total. The van der Waals surface area contributed by atoms with Crippen LogP contribution in [0, 0.1) is 17.2 Å². The fourth-order valence-electron chi connectivity index (χ4n) is 4.46. The Morgan fingerprint density at radius 1 is 1.21 bits per heavy atom. The second kappa shape index (κ2) is 12.0. The smallest absolute Gasteiger partial charge is 0.243 e. The number of fused-ring (bicyclic) bond motifs is 1. The summed E-state index contributed by atoms with van der Waals surface area (Å²) in [5.41, 5.74) is 4.03. The Morgan fingerprint density at radius 2 is 2.00 bits per heavy atom. The number of thiophene rings is 1. The van der Waals surface area contributed by atoms with Crippen LogP contribution in [0.1, 0.15) is 45.7 Å². The quantitative estimate of drug-likeness (QED) is 0.142. The Morgan fingerprint density at radius 3 is 2.79 bits per heavy atom. The predicted molar refractivity (Wildman–Crippen MR) is 157 cm³/mol. The average molecular weight is 557 g/mol. The molecule has 0 radical (unpaired) electrons. The molecule has 190 valence electrons. The van der Waals surface area contributed by atoms with Crippen LogP contribution in [0.4, 0.5) is 10.7 Å². The number of nitrogens with zero attached hydrogens (tertiary/aromatic N) is 3. The third-order valence-corrected chi connectivity index (χ3v) is 9.25. The van der Waals surface area contributed by atoms with Crippen molar-refractivity contribution in [1.29, 1.82) is 5.26 Å². The number of aromatic nitrogens is 1. The monoisotopic (exact) mass is 556 g/mol. The minimum Gasteiger partial charge on any atom is -0.315 e. The highest BCUT2D eigenvalue weighted by Crippen LogP contribution is 2.43. The summed E-state index contributed by atoms with van der Waals surface area (Å²) in [7, 11) is 0. The minimum absolute atomic E-state index is 0.168. The summed E-state index contributed by atoms with van der Waals surface area (Å²) in [5, 5.41) is 13.5. The molecule has 0 spiro atoms. The molecule has 0 aliphatic heterocycles. The largest absolute Gasteiger partial charge is 0.315 e. The van der Waals surface area contributed by atoms with Gasteiger partial charge in [0.2, 0.25) is 5.91 Å². The van der Waals surface area contributed by atoms with E-state index in [9.17, 15) is 10.1 Å². The maximum Gasteiger partial charge on any atom is 0.243 e. The zero-order valence-electron chi connectivity index (χ0n) is 20.7. The van der Waals surface area contributed by atoms with Crippen LogP contribution in [0.15, 0.2) is 82.8 Å². The van der Waals surface area contributed by atoms with Crippen LogP contribution >= 0.6 is 34.7 Å². The molecule has 2 atom stereocenters. The number of halogens is 1. The Bertz CT molecular complexity index is 1530. The van der Waals surface area contributed by atoms with Crippen molar-refractivity contribution in [2.45, 2.75) is 36.3 Å². The van der Waals surface area contributed by atoms with E-state index in [0.29, 0.717) is 27.2 Å². The predicted octanol–water partition coefficient (Wildman–Crippen LogP) is 8.02. The van der Waals surface area contributed by atoms with E-state index in [4.69, 9.17) is 11.6 Å². The first-order chi connectivity index (χ1) is 18.5. The summed E-state index contributed by atoms with van der Waals surface area (Å²) in [5.74, 6) is 0.418. The lowest BCUT2D eigenvalue weighted by atomic mass is 9.88. The molecule has 38 heavy (non-hydrogen) atoms. The van der Waals surface area contributed by atoms with Crippen LogP contribution in [-0.2, 0) is 17.6 Å². The maximum absolute atomic E-state index is 13.8. The number of nitrogens with one attached hydrogen (secondary N) is 1. The zero-order valence-corrected chi connectivity index (χ0v) is 23.1. The molecule has 2 aromatic carbocycles. The molecular formula is C30H25ClN4OS2. The molecule has 0 unspecified atom stereocenters. The van der Waals surface area contributed by atoms with Crippen molar-refractivity contribution < 1.29 is 4.79 Å². The number of aliphatic imine (C=N–C) groups is 1. The molecule has 0 saturated carbocycles. The highest BCUT2D eigenvalue weighted by atomic mass is 35.5. The molecule has 2 heterocycles. The first-order valence-electron chi connectivity index (χ1n) is 12.3. The van der Waals surface area contributed by atoms with Gasteiger partial charge in [-0.1, -0.05) is 61.0 Å². The van der Waals surface area contributed by atoms with E-state index in [0.717, 1.165) is 41.0 Å². The van der Waals surface area contributed by atoms with Crippen molar-refractivity contribution in [1.82, 2.24) is 4.98 Å². The molecule has 2 aromatic heterocycles. The van der Waals surface area contributed by atoms with Crippen LogP contribution < -0.4 is 5.32 Å². The van der Waals surface area contributed by atoms with Crippen LogP contribution in [0.25, 0.3) is 0 Å². The Hall–Kier alpha value is -3.44. The van der Waals surface area contributed by atoms with Crippen LogP contribution in [-0.4, -0.2) is 17.1 Å². The van der Waals surface area contributed by atoms with Gasteiger partial charge < -0.3 is 5.32 Å². The number of anilines is 1. The van der Waals surface area contributed by atoms with Gasteiger partial charge in [-0.15, -0.1) is 23.1 Å².